The van der Waals surface area contributed by atoms with Gasteiger partial charge in [0, 0.05) is 24.5 Å². The molecule has 0 radical (unpaired) electrons. The summed E-state index contributed by atoms with van der Waals surface area (Å²) in [5, 5.41) is 1.26. The van der Waals surface area contributed by atoms with Gasteiger partial charge in [-0.1, -0.05) is 31.5 Å². The molecule has 0 N–H and O–H groups in total. The molecule has 1 aliphatic rings. The number of pyridine rings is 1. The van der Waals surface area contributed by atoms with E-state index in [1.807, 2.05) is 0 Å². The Morgan fingerprint density at radius 2 is 2.00 bits per heavy atom. The van der Waals surface area contributed by atoms with E-state index >= 15 is 0 Å². The number of para-hydroxylation sites is 1. The van der Waals surface area contributed by atoms with Crippen molar-refractivity contribution in [3.8, 4) is 0 Å². The van der Waals surface area contributed by atoms with Crippen molar-refractivity contribution in [3.05, 3.63) is 35.9 Å². The van der Waals surface area contributed by atoms with Crippen LogP contribution in [0, 0.1) is 12.8 Å². The zero-order chi connectivity index (χ0) is 15.7. The standard InChI is InChI=1S/C19H27N3/c1-5-8-15-12-22(13-18(15)21(3)4)19-11-14(2)16-9-6-7-10-17(16)20-19/h6-7,9-11,15,18H,5,8,12-13H2,1-4H3/t15-,18-/m1/s1. The molecule has 3 heteroatoms. The van der Waals surface area contributed by atoms with E-state index in [0.717, 1.165) is 30.3 Å². The topological polar surface area (TPSA) is 19.4 Å². The molecule has 0 bridgehead atoms. The lowest BCUT2D eigenvalue weighted by Gasteiger charge is -2.24. The highest BCUT2D eigenvalue weighted by Gasteiger charge is 2.34. The Hall–Kier alpha value is -1.61. The number of aromatic nitrogens is 1. The van der Waals surface area contributed by atoms with Gasteiger partial charge in [-0.05, 0) is 51.1 Å². The van der Waals surface area contributed by atoms with Crippen LogP contribution < -0.4 is 4.90 Å². The van der Waals surface area contributed by atoms with Crippen LogP contribution in [-0.4, -0.2) is 43.1 Å². The van der Waals surface area contributed by atoms with Gasteiger partial charge in [-0.15, -0.1) is 0 Å². The van der Waals surface area contributed by atoms with Gasteiger partial charge >= 0.3 is 0 Å². The van der Waals surface area contributed by atoms with Crippen molar-refractivity contribution in [2.24, 2.45) is 5.92 Å². The van der Waals surface area contributed by atoms with E-state index in [0.29, 0.717) is 6.04 Å². The number of anilines is 1. The number of likely N-dealkylation sites (N-methyl/N-ethyl adjacent to an activating group) is 1. The normalized spacial score (nSPS) is 22.0. The molecule has 2 aromatic rings. The lowest BCUT2D eigenvalue weighted by molar-refractivity contribution is 0.246. The average Bonchev–Trinajstić information content (AvgIpc) is 2.92. The second kappa shape index (κ2) is 6.25. The molecule has 0 saturated carbocycles. The Morgan fingerprint density at radius 1 is 1.23 bits per heavy atom. The maximum Gasteiger partial charge on any atom is 0.129 e. The van der Waals surface area contributed by atoms with Crippen LogP contribution in [0.4, 0.5) is 5.82 Å². The molecule has 0 unspecified atom stereocenters. The third kappa shape index (κ3) is 2.82. The lowest BCUT2D eigenvalue weighted by atomic mass is 9.98. The van der Waals surface area contributed by atoms with Crippen LogP contribution >= 0.6 is 0 Å². The lowest BCUT2D eigenvalue weighted by Crippen LogP contribution is -2.35. The van der Waals surface area contributed by atoms with Gasteiger partial charge in [0.1, 0.15) is 5.82 Å². The first-order valence-corrected chi connectivity index (χ1v) is 8.38. The molecule has 1 aromatic carbocycles. The van der Waals surface area contributed by atoms with Gasteiger partial charge in [0.2, 0.25) is 0 Å². The molecule has 1 saturated heterocycles. The van der Waals surface area contributed by atoms with Gasteiger partial charge in [-0.3, -0.25) is 0 Å². The summed E-state index contributed by atoms with van der Waals surface area (Å²) in [5.74, 6) is 1.88. The minimum absolute atomic E-state index is 0.633. The van der Waals surface area contributed by atoms with E-state index in [-0.39, 0.29) is 0 Å². The minimum atomic E-state index is 0.633. The molecule has 3 nitrogen and oxygen atoms in total. The van der Waals surface area contributed by atoms with Crippen LogP contribution in [0.25, 0.3) is 10.9 Å². The van der Waals surface area contributed by atoms with Crippen LogP contribution in [0.15, 0.2) is 30.3 Å². The van der Waals surface area contributed by atoms with Gasteiger partial charge in [-0.25, -0.2) is 4.98 Å². The first kappa shape index (κ1) is 15.3. The molecule has 2 atom stereocenters. The minimum Gasteiger partial charge on any atom is -0.355 e. The van der Waals surface area contributed by atoms with Crippen LogP contribution in [0.3, 0.4) is 0 Å². The van der Waals surface area contributed by atoms with Gasteiger partial charge in [-0.2, -0.15) is 0 Å². The van der Waals surface area contributed by atoms with Gasteiger partial charge < -0.3 is 9.80 Å². The largest absolute Gasteiger partial charge is 0.355 e. The van der Waals surface area contributed by atoms with E-state index in [4.69, 9.17) is 4.98 Å². The zero-order valence-corrected chi connectivity index (χ0v) is 14.2. The summed E-state index contributed by atoms with van der Waals surface area (Å²) in [6, 6.07) is 11.3. The molecule has 0 aliphatic carbocycles. The van der Waals surface area contributed by atoms with Crippen molar-refractivity contribution >= 4 is 16.7 Å². The maximum absolute atomic E-state index is 4.91. The van der Waals surface area contributed by atoms with Crippen LogP contribution in [0.2, 0.25) is 0 Å². The summed E-state index contributed by atoms with van der Waals surface area (Å²) in [4.78, 5) is 9.77. The first-order chi connectivity index (χ1) is 10.6. The highest BCUT2D eigenvalue weighted by Crippen LogP contribution is 2.30. The summed E-state index contributed by atoms with van der Waals surface area (Å²) in [7, 11) is 4.41. The third-order valence-electron chi connectivity index (χ3n) is 4.96. The highest BCUT2D eigenvalue weighted by molar-refractivity contribution is 5.83. The number of hydrogen-bond acceptors (Lipinski definition) is 3. The molecule has 0 amide bonds. The Morgan fingerprint density at radius 3 is 2.73 bits per heavy atom. The molecule has 3 rings (SSSR count). The number of rotatable bonds is 4. The molecule has 118 valence electrons. The monoisotopic (exact) mass is 297 g/mol. The molecule has 1 aromatic heterocycles. The molecule has 2 heterocycles. The van der Waals surface area contributed by atoms with Crippen molar-refractivity contribution < 1.29 is 0 Å². The molecule has 0 spiro atoms. The fourth-order valence-corrected chi connectivity index (χ4v) is 3.77. The Balaban J connectivity index is 1.91. The number of fused-ring (bicyclic) bond motifs is 1. The Labute approximate surface area is 133 Å². The third-order valence-corrected chi connectivity index (χ3v) is 4.96. The zero-order valence-electron chi connectivity index (χ0n) is 14.2. The number of hydrogen-bond donors (Lipinski definition) is 0. The van der Waals surface area contributed by atoms with Crippen LogP contribution in [0.1, 0.15) is 25.3 Å². The predicted molar refractivity (Wildman–Crippen MR) is 94.6 cm³/mol. The fraction of sp³-hybridized carbons (Fsp3) is 0.526. The second-order valence-electron chi connectivity index (χ2n) is 6.80. The van der Waals surface area contributed by atoms with E-state index in [9.17, 15) is 0 Å². The predicted octanol–water partition coefficient (Wildman–Crippen LogP) is 3.71. The number of aryl methyl sites for hydroxylation is 1. The maximum atomic E-state index is 4.91. The molecule has 22 heavy (non-hydrogen) atoms. The van der Waals surface area contributed by atoms with Crippen molar-refractivity contribution in [2.75, 3.05) is 32.1 Å². The molecular formula is C19H27N3. The Bertz CT molecular complexity index is 650. The SMILES string of the molecule is CCC[C@@H]1CN(c2cc(C)c3ccccc3n2)C[C@H]1N(C)C. The van der Waals surface area contributed by atoms with Crippen molar-refractivity contribution in [2.45, 2.75) is 32.7 Å². The smallest absolute Gasteiger partial charge is 0.129 e. The molecule has 1 aliphatic heterocycles. The van der Waals surface area contributed by atoms with E-state index < -0.39 is 0 Å². The van der Waals surface area contributed by atoms with Gasteiger partial charge in [0.05, 0.1) is 5.52 Å². The summed E-state index contributed by atoms with van der Waals surface area (Å²) >= 11 is 0. The first-order valence-electron chi connectivity index (χ1n) is 8.38. The average molecular weight is 297 g/mol. The van der Waals surface area contributed by atoms with Crippen LogP contribution in [0.5, 0.6) is 0 Å². The summed E-state index contributed by atoms with van der Waals surface area (Å²) in [6.07, 6.45) is 2.55. The summed E-state index contributed by atoms with van der Waals surface area (Å²) in [5.41, 5.74) is 2.43. The van der Waals surface area contributed by atoms with Crippen molar-refractivity contribution in [1.29, 1.82) is 0 Å². The number of benzene rings is 1. The van der Waals surface area contributed by atoms with E-state index in [2.05, 4.69) is 68.1 Å². The van der Waals surface area contributed by atoms with Gasteiger partial charge in [0.25, 0.3) is 0 Å². The highest BCUT2D eigenvalue weighted by atomic mass is 15.3. The summed E-state index contributed by atoms with van der Waals surface area (Å²) < 4.78 is 0. The Kier molecular flexibility index (Phi) is 4.34. The quantitative estimate of drug-likeness (QED) is 0.857. The molecular weight excluding hydrogens is 270 g/mol. The molecule has 1 fully saturated rings. The second-order valence-corrected chi connectivity index (χ2v) is 6.80. The van der Waals surface area contributed by atoms with Crippen molar-refractivity contribution in [1.82, 2.24) is 9.88 Å². The summed E-state index contributed by atoms with van der Waals surface area (Å²) in [6.45, 7) is 6.69. The van der Waals surface area contributed by atoms with Crippen molar-refractivity contribution in [3.63, 3.8) is 0 Å². The van der Waals surface area contributed by atoms with E-state index in [1.54, 1.807) is 0 Å². The fourth-order valence-electron chi connectivity index (χ4n) is 3.77. The number of nitrogens with zero attached hydrogens (tertiary/aromatic N) is 3. The van der Waals surface area contributed by atoms with Crippen LogP contribution in [-0.2, 0) is 0 Å². The van der Waals surface area contributed by atoms with E-state index in [1.165, 1.54) is 23.8 Å². The van der Waals surface area contributed by atoms with Gasteiger partial charge in [0.15, 0.2) is 0 Å².